The second-order valence-corrected chi connectivity index (χ2v) is 10.6. The van der Waals surface area contributed by atoms with Crippen molar-refractivity contribution in [3.05, 3.63) is 35.7 Å². The number of thioether (sulfide) groups is 1. The van der Waals surface area contributed by atoms with Gasteiger partial charge in [0.05, 0.1) is 41.8 Å². The van der Waals surface area contributed by atoms with Crippen molar-refractivity contribution in [2.45, 2.75) is 35.5 Å². The molecule has 5 atom stereocenters. The van der Waals surface area contributed by atoms with Crippen LogP contribution in [0.1, 0.15) is 6.92 Å². The molecule has 5 aliphatic rings. The molecule has 1 aromatic heterocycles. The lowest BCUT2D eigenvalue weighted by Gasteiger charge is -2.41. The first kappa shape index (κ1) is 24.3. The number of carbonyl (C=O) groups excluding carboxylic acids is 4. The molecule has 6 rings (SSSR count). The van der Waals surface area contributed by atoms with Crippen LogP contribution in [0.5, 0.6) is 0 Å². The molecule has 37 heavy (non-hydrogen) atoms. The number of methoxy groups -OCH3 is 1. The Labute approximate surface area is 216 Å². The standard InChI is InChI=1S/C24H26N4O8S/c1-12(29)28-15-9-27-18-17(13(10-34-22(25)32)23(27,33-2)20(15)28)21(31)24(35-7-8-36-24)14(19(18)30)11-37-16-5-3-4-6-26-16/h3-6,13-15,20H,7-11H2,1-2H3,(H2,25,32)/t13-,14?,15+,20+,23-,28?/m1/s1. The van der Waals surface area contributed by atoms with Crippen LogP contribution < -0.4 is 5.73 Å². The molecular weight excluding hydrogens is 504 g/mol. The number of hydrogen-bond acceptors (Lipinski definition) is 11. The van der Waals surface area contributed by atoms with Gasteiger partial charge in [-0.1, -0.05) is 6.07 Å². The van der Waals surface area contributed by atoms with Gasteiger partial charge in [0.2, 0.25) is 17.5 Å². The number of aromatic nitrogens is 1. The van der Waals surface area contributed by atoms with Crippen molar-refractivity contribution in [3.63, 3.8) is 0 Å². The van der Waals surface area contributed by atoms with Crippen molar-refractivity contribution in [2.75, 3.05) is 39.2 Å². The second kappa shape index (κ2) is 8.51. The van der Waals surface area contributed by atoms with Crippen LogP contribution in [0.25, 0.3) is 0 Å². The normalized spacial score (nSPS) is 33.0. The lowest BCUT2D eigenvalue weighted by molar-refractivity contribution is -0.197. The molecule has 5 heterocycles. The van der Waals surface area contributed by atoms with Crippen molar-refractivity contribution in [1.82, 2.24) is 14.8 Å². The zero-order chi connectivity index (χ0) is 26.1. The van der Waals surface area contributed by atoms with E-state index in [9.17, 15) is 19.2 Å². The quantitative estimate of drug-likeness (QED) is 0.389. The molecule has 2 amide bonds. The number of primary amides is 1. The molecule has 3 fully saturated rings. The molecule has 1 aromatic rings. The lowest BCUT2D eigenvalue weighted by atomic mass is 9.76. The number of ether oxygens (including phenoxy) is 4. The molecule has 0 saturated carbocycles. The summed E-state index contributed by atoms with van der Waals surface area (Å²) >= 11 is 1.33. The summed E-state index contributed by atoms with van der Waals surface area (Å²) in [7, 11) is 1.46. The first-order chi connectivity index (χ1) is 17.8. The number of amides is 2. The van der Waals surface area contributed by atoms with E-state index in [1.807, 2.05) is 12.1 Å². The number of nitrogens with two attached hydrogens (primary N) is 1. The number of allylic oxidation sites excluding steroid dienone is 1. The van der Waals surface area contributed by atoms with E-state index in [4.69, 9.17) is 24.7 Å². The molecule has 3 saturated heterocycles. The Morgan fingerprint density at radius 2 is 2.00 bits per heavy atom. The number of ketones is 2. The maximum Gasteiger partial charge on any atom is 0.404 e. The van der Waals surface area contributed by atoms with E-state index < -0.39 is 41.3 Å². The molecule has 0 bridgehead atoms. The van der Waals surface area contributed by atoms with Crippen LogP contribution >= 0.6 is 11.8 Å². The zero-order valence-corrected chi connectivity index (χ0v) is 21.1. The molecule has 0 radical (unpaired) electrons. The van der Waals surface area contributed by atoms with E-state index in [2.05, 4.69) is 4.98 Å². The maximum absolute atomic E-state index is 14.3. The van der Waals surface area contributed by atoms with Gasteiger partial charge in [-0.3, -0.25) is 14.4 Å². The first-order valence-corrected chi connectivity index (χ1v) is 12.9. The number of nitrogens with zero attached hydrogens (tertiary/aromatic N) is 3. The number of rotatable bonds is 6. The smallest absolute Gasteiger partial charge is 0.404 e. The summed E-state index contributed by atoms with van der Waals surface area (Å²) in [4.78, 5) is 60.1. The number of piperazine rings is 1. The predicted molar refractivity (Wildman–Crippen MR) is 126 cm³/mol. The van der Waals surface area contributed by atoms with Gasteiger partial charge in [0.25, 0.3) is 0 Å². The molecule has 0 aromatic carbocycles. The minimum atomic E-state index is -1.80. The average molecular weight is 531 g/mol. The third-order valence-electron chi connectivity index (χ3n) is 7.92. The molecule has 1 unspecified atom stereocenters. The van der Waals surface area contributed by atoms with Crippen molar-refractivity contribution >= 4 is 35.3 Å². The third-order valence-corrected chi connectivity index (χ3v) is 8.96. The highest BCUT2D eigenvalue weighted by atomic mass is 32.2. The monoisotopic (exact) mass is 530 g/mol. The Hall–Kier alpha value is -3.00. The molecule has 2 N–H and O–H groups in total. The molecule has 4 aliphatic heterocycles. The van der Waals surface area contributed by atoms with Gasteiger partial charge in [-0.05, 0) is 12.1 Å². The van der Waals surface area contributed by atoms with Gasteiger partial charge in [0.1, 0.15) is 12.6 Å². The fourth-order valence-electron chi connectivity index (χ4n) is 6.54. The Bertz CT molecular complexity index is 1220. The molecule has 1 spiro atoms. The van der Waals surface area contributed by atoms with E-state index in [1.165, 1.54) is 25.8 Å². The summed E-state index contributed by atoms with van der Waals surface area (Å²) in [6.45, 7) is 1.75. The van der Waals surface area contributed by atoms with Crippen molar-refractivity contribution in [1.29, 1.82) is 0 Å². The summed E-state index contributed by atoms with van der Waals surface area (Å²) < 4.78 is 23.1. The Balaban J connectivity index is 1.43. The summed E-state index contributed by atoms with van der Waals surface area (Å²) in [6.07, 6.45) is 0.627. The van der Waals surface area contributed by atoms with Crippen LogP contribution in [0.2, 0.25) is 0 Å². The fraction of sp³-hybridized carbons (Fsp3) is 0.542. The number of Topliss-reactive ketones (excluding diaryl/α,β-unsaturated/α-hetero) is 2. The van der Waals surface area contributed by atoms with Crippen molar-refractivity contribution in [2.24, 2.45) is 17.6 Å². The van der Waals surface area contributed by atoms with Crippen molar-refractivity contribution in [3.8, 4) is 0 Å². The maximum atomic E-state index is 14.3. The molecule has 13 heteroatoms. The minimum Gasteiger partial charge on any atom is -0.449 e. The van der Waals surface area contributed by atoms with Crippen molar-refractivity contribution < 1.29 is 38.1 Å². The minimum absolute atomic E-state index is 0.128. The summed E-state index contributed by atoms with van der Waals surface area (Å²) in [5.74, 6) is -4.40. The number of fused-ring (bicyclic) bond motifs is 4. The molecule has 12 nitrogen and oxygen atoms in total. The predicted octanol–water partition coefficient (Wildman–Crippen LogP) is -0.0784. The molecule has 196 valence electrons. The SMILES string of the molecule is CO[C@@]12[C@H](COC(N)=O)C3=C(C(=O)C(CSc4ccccn4)C4(OCCO4)C3=O)N1C[C@H]1[C@@H]2N1C(C)=O. The highest BCUT2D eigenvalue weighted by molar-refractivity contribution is 7.99. The largest absolute Gasteiger partial charge is 0.449 e. The third kappa shape index (κ3) is 3.24. The summed E-state index contributed by atoms with van der Waals surface area (Å²) in [5.41, 5.74) is 4.33. The average Bonchev–Trinajstić information content (AvgIpc) is 3.17. The van der Waals surface area contributed by atoms with Crippen LogP contribution in [0.3, 0.4) is 0 Å². The Kier molecular flexibility index (Phi) is 5.60. The first-order valence-electron chi connectivity index (χ1n) is 12.0. The van der Waals surface area contributed by atoms with Gasteiger partial charge in [0, 0.05) is 38.1 Å². The van der Waals surface area contributed by atoms with Gasteiger partial charge in [-0.25, -0.2) is 9.78 Å². The highest BCUT2D eigenvalue weighted by Crippen LogP contribution is 2.61. The van der Waals surface area contributed by atoms with E-state index in [1.54, 1.807) is 22.1 Å². The van der Waals surface area contributed by atoms with Crippen LogP contribution in [-0.4, -0.2) is 101 Å². The fourth-order valence-corrected chi connectivity index (χ4v) is 7.56. The van der Waals surface area contributed by atoms with E-state index in [0.29, 0.717) is 11.6 Å². The number of carbonyl (C=O) groups is 4. The van der Waals surface area contributed by atoms with Crippen LogP contribution in [0.15, 0.2) is 40.7 Å². The lowest BCUT2D eigenvalue weighted by Crippen LogP contribution is -2.56. The van der Waals surface area contributed by atoms with Gasteiger partial charge >= 0.3 is 6.09 Å². The highest BCUT2D eigenvalue weighted by Gasteiger charge is 2.79. The number of pyridine rings is 1. The summed E-state index contributed by atoms with van der Waals surface area (Å²) in [6, 6.07) is 4.83. The van der Waals surface area contributed by atoms with E-state index in [0.717, 1.165) is 0 Å². The topological polar surface area (TPSA) is 150 Å². The molecule has 1 aliphatic carbocycles. The summed E-state index contributed by atoms with van der Waals surface area (Å²) in [5, 5.41) is 0.695. The zero-order valence-electron chi connectivity index (χ0n) is 20.2. The number of hydrogen-bond donors (Lipinski definition) is 1. The second-order valence-electron chi connectivity index (χ2n) is 9.54. The Morgan fingerprint density at radius 3 is 2.62 bits per heavy atom. The van der Waals surface area contributed by atoms with Gasteiger partial charge in [-0.15, -0.1) is 11.8 Å². The van der Waals surface area contributed by atoms with Crippen LogP contribution in [-0.2, 0) is 33.3 Å². The van der Waals surface area contributed by atoms with Crippen LogP contribution in [0.4, 0.5) is 4.79 Å². The van der Waals surface area contributed by atoms with Crippen LogP contribution in [0, 0.1) is 11.8 Å². The molecular formula is C24H26N4O8S. The Morgan fingerprint density at radius 1 is 1.24 bits per heavy atom. The van der Waals surface area contributed by atoms with Gasteiger partial charge < -0.3 is 34.5 Å². The van der Waals surface area contributed by atoms with Gasteiger partial charge in [-0.2, -0.15) is 0 Å². The van der Waals surface area contributed by atoms with E-state index >= 15 is 0 Å². The van der Waals surface area contributed by atoms with E-state index in [-0.39, 0.29) is 54.6 Å². The van der Waals surface area contributed by atoms with Gasteiger partial charge in [0.15, 0.2) is 11.5 Å².